The number of amides is 1. The summed E-state index contributed by atoms with van der Waals surface area (Å²) >= 11 is 0. The van der Waals surface area contributed by atoms with Gasteiger partial charge in [0.05, 0.1) is 0 Å². The first kappa shape index (κ1) is 14.0. The third kappa shape index (κ3) is 3.33. The van der Waals surface area contributed by atoms with Crippen LogP contribution in [0.1, 0.15) is 37.4 Å². The minimum atomic E-state index is -1.07. The zero-order valence-corrected chi connectivity index (χ0v) is 11.3. The lowest BCUT2D eigenvalue weighted by Gasteiger charge is -2.34. The van der Waals surface area contributed by atoms with E-state index in [4.69, 9.17) is 5.73 Å². The molecule has 1 unspecified atom stereocenters. The second-order valence-electron chi connectivity index (χ2n) is 5.33. The van der Waals surface area contributed by atoms with Gasteiger partial charge in [-0.25, -0.2) is 0 Å². The zero-order chi connectivity index (χ0) is 13.8. The van der Waals surface area contributed by atoms with E-state index in [0.29, 0.717) is 5.56 Å². The van der Waals surface area contributed by atoms with Crippen molar-refractivity contribution in [3.05, 3.63) is 35.9 Å². The number of likely N-dealkylation sites (N-methyl/N-ethyl adjacent to an activating group) is 1. The molecule has 1 aromatic rings. The van der Waals surface area contributed by atoms with E-state index in [0.717, 1.165) is 25.7 Å². The zero-order valence-electron chi connectivity index (χ0n) is 11.3. The number of rotatable bonds is 3. The molecular weight excluding hydrogens is 240 g/mol. The molecule has 0 spiro atoms. The van der Waals surface area contributed by atoms with Crippen LogP contribution in [0.4, 0.5) is 0 Å². The summed E-state index contributed by atoms with van der Waals surface area (Å²) in [5, 5.41) is 10.1. The molecule has 0 radical (unpaired) electrons. The number of benzene rings is 1. The first-order valence-corrected chi connectivity index (χ1v) is 6.85. The molecule has 1 aromatic carbocycles. The average Bonchev–Trinajstić information content (AvgIpc) is 2.46. The van der Waals surface area contributed by atoms with Gasteiger partial charge in [0.25, 0.3) is 5.91 Å². The predicted molar refractivity (Wildman–Crippen MR) is 74.4 cm³/mol. The topological polar surface area (TPSA) is 66.6 Å². The van der Waals surface area contributed by atoms with Gasteiger partial charge in [0.15, 0.2) is 6.10 Å². The number of hydrogen-bond donors (Lipinski definition) is 2. The van der Waals surface area contributed by atoms with E-state index in [2.05, 4.69) is 0 Å². The van der Waals surface area contributed by atoms with Crippen molar-refractivity contribution < 1.29 is 9.90 Å². The molecule has 1 saturated carbocycles. The summed E-state index contributed by atoms with van der Waals surface area (Å²) in [5.41, 5.74) is 6.52. The second-order valence-corrected chi connectivity index (χ2v) is 5.33. The lowest BCUT2D eigenvalue weighted by molar-refractivity contribution is -0.142. The predicted octanol–water partition coefficient (Wildman–Crippen LogP) is 1.45. The molecule has 0 bridgehead atoms. The quantitative estimate of drug-likeness (QED) is 0.866. The summed E-state index contributed by atoms with van der Waals surface area (Å²) in [6, 6.07) is 9.52. The Labute approximate surface area is 114 Å². The first-order chi connectivity index (χ1) is 9.09. The maximum Gasteiger partial charge on any atom is 0.256 e. The second kappa shape index (κ2) is 6.17. The number of carbonyl (C=O) groups excluding carboxylic acids is 1. The molecule has 1 aliphatic rings. The van der Waals surface area contributed by atoms with Crippen LogP contribution in [0.3, 0.4) is 0 Å². The smallest absolute Gasteiger partial charge is 0.256 e. The average molecular weight is 262 g/mol. The van der Waals surface area contributed by atoms with Crippen molar-refractivity contribution >= 4 is 5.91 Å². The fourth-order valence-corrected chi connectivity index (χ4v) is 2.64. The molecule has 0 aliphatic heterocycles. The van der Waals surface area contributed by atoms with Gasteiger partial charge in [0.1, 0.15) is 0 Å². The largest absolute Gasteiger partial charge is 0.378 e. The van der Waals surface area contributed by atoms with Crippen LogP contribution in [0.15, 0.2) is 30.3 Å². The molecule has 0 heterocycles. The van der Waals surface area contributed by atoms with Crippen LogP contribution in [-0.4, -0.2) is 35.0 Å². The highest BCUT2D eigenvalue weighted by molar-refractivity contribution is 5.82. The van der Waals surface area contributed by atoms with Crippen LogP contribution in [0.25, 0.3) is 0 Å². The Hall–Kier alpha value is -1.39. The van der Waals surface area contributed by atoms with Crippen LogP contribution in [0.2, 0.25) is 0 Å². The lowest BCUT2D eigenvalue weighted by Crippen LogP contribution is -2.43. The van der Waals surface area contributed by atoms with Crippen molar-refractivity contribution in [2.45, 2.75) is 43.9 Å². The van der Waals surface area contributed by atoms with Gasteiger partial charge in [0, 0.05) is 19.1 Å². The molecule has 104 valence electrons. The van der Waals surface area contributed by atoms with Gasteiger partial charge in [-0.3, -0.25) is 4.79 Å². The van der Waals surface area contributed by atoms with Gasteiger partial charge < -0.3 is 15.7 Å². The van der Waals surface area contributed by atoms with E-state index < -0.39 is 6.10 Å². The molecule has 0 saturated heterocycles. The van der Waals surface area contributed by atoms with Gasteiger partial charge >= 0.3 is 0 Å². The summed E-state index contributed by atoms with van der Waals surface area (Å²) < 4.78 is 0. The molecule has 2 rings (SSSR count). The number of nitrogens with two attached hydrogens (primary N) is 1. The van der Waals surface area contributed by atoms with Crippen molar-refractivity contribution in [3.8, 4) is 0 Å². The third-order valence-electron chi connectivity index (χ3n) is 3.99. The van der Waals surface area contributed by atoms with Crippen molar-refractivity contribution in [1.29, 1.82) is 0 Å². The van der Waals surface area contributed by atoms with Crippen molar-refractivity contribution in [2.75, 3.05) is 7.05 Å². The minimum absolute atomic E-state index is 0.200. The van der Waals surface area contributed by atoms with Crippen LogP contribution >= 0.6 is 0 Å². The maximum absolute atomic E-state index is 12.3. The van der Waals surface area contributed by atoms with Crippen LogP contribution in [-0.2, 0) is 4.79 Å². The molecule has 3 N–H and O–H groups in total. The summed E-state index contributed by atoms with van der Waals surface area (Å²) in [6.07, 6.45) is 2.67. The van der Waals surface area contributed by atoms with Gasteiger partial charge in [-0.1, -0.05) is 30.3 Å². The highest BCUT2D eigenvalue weighted by Gasteiger charge is 2.29. The Bertz CT molecular complexity index is 413. The normalized spacial score (nSPS) is 24.8. The Kier molecular flexibility index (Phi) is 4.56. The molecule has 0 aromatic heterocycles. The molecule has 1 amide bonds. The standard InChI is InChI=1S/C15H22N2O2/c1-17(13-9-7-12(16)8-10-13)15(19)14(18)11-5-3-2-4-6-11/h2-6,12-14,18H,7-10,16H2,1H3. The molecule has 1 fully saturated rings. The number of nitrogens with zero attached hydrogens (tertiary/aromatic N) is 1. The van der Waals surface area contributed by atoms with E-state index >= 15 is 0 Å². The minimum Gasteiger partial charge on any atom is -0.378 e. The Morgan fingerprint density at radius 1 is 1.26 bits per heavy atom. The number of carbonyl (C=O) groups is 1. The highest BCUT2D eigenvalue weighted by Crippen LogP contribution is 2.24. The molecule has 1 aliphatic carbocycles. The highest BCUT2D eigenvalue weighted by atomic mass is 16.3. The van der Waals surface area contributed by atoms with Crippen LogP contribution < -0.4 is 5.73 Å². The van der Waals surface area contributed by atoms with Gasteiger partial charge in [-0.2, -0.15) is 0 Å². The van der Waals surface area contributed by atoms with E-state index in [1.807, 2.05) is 18.2 Å². The number of aliphatic hydroxyl groups excluding tert-OH is 1. The number of aliphatic hydroxyl groups is 1. The first-order valence-electron chi connectivity index (χ1n) is 6.85. The Balaban J connectivity index is 1.99. The molecule has 19 heavy (non-hydrogen) atoms. The van der Waals surface area contributed by atoms with E-state index in [1.165, 1.54) is 0 Å². The van der Waals surface area contributed by atoms with Crippen molar-refractivity contribution in [2.24, 2.45) is 5.73 Å². The molecule has 4 nitrogen and oxygen atoms in total. The summed E-state index contributed by atoms with van der Waals surface area (Å²) in [5.74, 6) is -0.230. The Morgan fingerprint density at radius 3 is 2.42 bits per heavy atom. The van der Waals surface area contributed by atoms with Gasteiger partial charge in [0.2, 0.25) is 0 Å². The van der Waals surface area contributed by atoms with E-state index in [1.54, 1.807) is 24.1 Å². The van der Waals surface area contributed by atoms with Crippen LogP contribution in [0.5, 0.6) is 0 Å². The monoisotopic (exact) mass is 262 g/mol. The van der Waals surface area contributed by atoms with E-state index in [9.17, 15) is 9.90 Å². The number of hydrogen-bond acceptors (Lipinski definition) is 3. The SMILES string of the molecule is CN(C(=O)C(O)c1ccccc1)C1CCC(N)CC1. The maximum atomic E-state index is 12.3. The van der Waals surface area contributed by atoms with Gasteiger partial charge in [-0.05, 0) is 31.2 Å². The molecular formula is C15H22N2O2. The summed E-state index contributed by atoms with van der Waals surface area (Å²) in [4.78, 5) is 14.0. The Morgan fingerprint density at radius 2 is 1.84 bits per heavy atom. The van der Waals surface area contributed by atoms with Gasteiger partial charge in [-0.15, -0.1) is 0 Å². The van der Waals surface area contributed by atoms with Crippen molar-refractivity contribution in [1.82, 2.24) is 4.90 Å². The third-order valence-corrected chi connectivity index (χ3v) is 3.99. The fourth-order valence-electron chi connectivity index (χ4n) is 2.64. The molecule has 4 heteroatoms. The lowest BCUT2D eigenvalue weighted by atomic mass is 9.90. The summed E-state index contributed by atoms with van der Waals surface area (Å²) in [6.45, 7) is 0. The van der Waals surface area contributed by atoms with Crippen LogP contribution in [0, 0.1) is 0 Å². The molecule has 1 atom stereocenters. The van der Waals surface area contributed by atoms with E-state index in [-0.39, 0.29) is 18.0 Å². The van der Waals surface area contributed by atoms with Crippen molar-refractivity contribution in [3.63, 3.8) is 0 Å². The fraction of sp³-hybridized carbons (Fsp3) is 0.533. The summed E-state index contributed by atoms with van der Waals surface area (Å²) in [7, 11) is 1.77.